The van der Waals surface area contributed by atoms with Crippen molar-refractivity contribution in [3.8, 4) is 0 Å². The number of hydrogen-bond acceptors (Lipinski definition) is 7. The Hall–Kier alpha value is -2.44. The van der Waals surface area contributed by atoms with Crippen LogP contribution in [0.4, 0.5) is 0 Å². The number of piperidine rings is 1. The van der Waals surface area contributed by atoms with Gasteiger partial charge in [0.1, 0.15) is 0 Å². The van der Waals surface area contributed by atoms with E-state index in [9.17, 15) is 26.4 Å². The number of benzene rings is 2. The van der Waals surface area contributed by atoms with E-state index in [-0.39, 0.29) is 34.4 Å². The minimum atomic E-state index is -3.86. The van der Waals surface area contributed by atoms with Gasteiger partial charge in [0.05, 0.1) is 15.5 Å². The molecule has 9 nitrogen and oxygen atoms in total. The van der Waals surface area contributed by atoms with Crippen molar-refractivity contribution in [1.82, 2.24) is 13.5 Å². The van der Waals surface area contributed by atoms with Crippen LogP contribution in [0.3, 0.4) is 0 Å². The molecule has 0 bridgehead atoms. The minimum absolute atomic E-state index is 0.105. The molecule has 35 heavy (non-hydrogen) atoms. The average molecular weight is 520 g/mol. The van der Waals surface area contributed by atoms with E-state index in [2.05, 4.69) is 0 Å². The van der Waals surface area contributed by atoms with E-state index in [1.807, 2.05) is 11.9 Å². The Morgan fingerprint density at radius 2 is 1.11 bits per heavy atom. The summed E-state index contributed by atoms with van der Waals surface area (Å²) in [5, 5.41) is 0. The van der Waals surface area contributed by atoms with Crippen molar-refractivity contribution in [1.29, 1.82) is 0 Å². The number of ketones is 2. The normalized spacial score (nSPS) is 19.7. The van der Waals surface area contributed by atoms with Crippen LogP contribution in [0.25, 0.3) is 0 Å². The van der Waals surface area contributed by atoms with Gasteiger partial charge in [-0.15, -0.1) is 0 Å². The zero-order valence-electron chi connectivity index (χ0n) is 20.0. The van der Waals surface area contributed by atoms with Crippen molar-refractivity contribution >= 4 is 31.6 Å². The fourth-order valence-electron chi connectivity index (χ4n) is 4.91. The first kappa shape index (κ1) is 25.6. The molecule has 11 heteroatoms. The summed E-state index contributed by atoms with van der Waals surface area (Å²) in [4.78, 5) is 25.3. The number of carbonyl (C=O) groups excluding carboxylic acids is 2. The largest absolute Gasteiger partial charge is 0.295 e. The molecule has 2 aromatic carbocycles. The third-order valence-electron chi connectivity index (χ3n) is 7.08. The summed E-state index contributed by atoms with van der Waals surface area (Å²) in [6.45, 7) is 4.00. The molecule has 0 atom stereocenters. The molecule has 2 heterocycles. The number of likely N-dealkylation sites (N-methyl/N-ethyl adjacent to an activating group) is 1. The Labute approximate surface area is 206 Å². The van der Waals surface area contributed by atoms with E-state index >= 15 is 0 Å². The van der Waals surface area contributed by atoms with Crippen molar-refractivity contribution < 1.29 is 26.4 Å². The van der Waals surface area contributed by atoms with Crippen molar-refractivity contribution in [3.05, 3.63) is 59.7 Å². The minimum Gasteiger partial charge on any atom is -0.295 e. The Balaban J connectivity index is 1.57. The first-order valence-electron chi connectivity index (χ1n) is 11.4. The summed E-state index contributed by atoms with van der Waals surface area (Å²) in [7, 11) is -5.78. The Kier molecular flexibility index (Phi) is 6.75. The number of sulfonamides is 2. The Morgan fingerprint density at radius 3 is 1.54 bits per heavy atom. The van der Waals surface area contributed by atoms with Crippen LogP contribution < -0.4 is 0 Å². The molecule has 0 aromatic heterocycles. The maximum atomic E-state index is 13.6. The number of hydrogen-bond donors (Lipinski definition) is 0. The van der Waals surface area contributed by atoms with E-state index in [1.165, 1.54) is 71.0 Å². The van der Waals surface area contributed by atoms with Crippen LogP contribution in [-0.2, 0) is 20.0 Å². The first-order valence-corrected chi connectivity index (χ1v) is 14.2. The first-order chi connectivity index (χ1) is 16.4. The van der Waals surface area contributed by atoms with Gasteiger partial charge >= 0.3 is 0 Å². The van der Waals surface area contributed by atoms with E-state index in [4.69, 9.17) is 0 Å². The molecule has 0 unspecified atom stereocenters. The molecular formula is C24H29N3O6S2. The lowest BCUT2D eigenvalue weighted by atomic mass is 9.98. The third kappa shape index (κ3) is 4.47. The average Bonchev–Trinajstić information content (AvgIpc) is 3.15. The van der Waals surface area contributed by atoms with Crippen molar-refractivity contribution in [2.24, 2.45) is 0 Å². The van der Waals surface area contributed by atoms with Crippen LogP contribution in [0.1, 0.15) is 47.4 Å². The molecule has 2 fully saturated rings. The van der Waals surface area contributed by atoms with Gasteiger partial charge in [-0.1, -0.05) is 24.3 Å². The predicted octanol–water partition coefficient (Wildman–Crippen LogP) is 2.21. The number of carbonyl (C=O) groups is 2. The zero-order valence-corrected chi connectivity index (χ0v) is 21.6. The number of nitrogens with zero attached hydrogens (tertiary/aromatic N) is 3. The summed E-state index contributed by atoms with van der Waals surface area (Å²) in [5.74, 6) is -0.286. The van der Waals surface area contributed by atoms with Gasteiger partial charge in [-0.25, -0.2) is 16.8 Å². The van der Waals surface area contributed by atoms with Gasteiger partial charge in [0.25, 0.3) is 0 Å². The smallest absolute Gasteiger partial charge is 0.244 e. The predicted molar refractivity (Wildman–Crippen MR) is 130 cm³/mol. The lowest BCUT2D eigenvalue weighted by Crippen LogP contribution is -2.60. The second kappa shape index (κ2) is 9.21. The Bertz CT molecular complexity index is 1340. The molecule has 2 saturated heterocycles. The molecule has 0 radical (unpaired) electrons. The second-order valence-corrected chi connectivity index (χ2v) is 12.8. The highest BCUT2D eigenvalue weighted by Gasteiger charge is 2.53. The van der Waals surface area contributed by atoms with E-state index in [0.29, 0.717) is 37.1 Å². The lowest BCUT2D eigenvalue weighted by Gasteiger charge is -2.46. The molecule has 0 amide bonds. The van der Waals surface area contributed by atoms with Gasteiger partial charge in [0.2, 0.25) is 20.0 Å². The molecule has 2 aromatic rings. The summed E-state index contributed by atoms with van der Waals surface area (Å²) in [6.07, 6.45) is 0.637. The maximum Gasteiger partial charge on any atom is 0.244 e. The van der Waals surface area contributed by atoms with Crippen LogP contribution >= 0.6 is 0 Å². The van der Waals surface area contributed by atoms with Gasteiger partial charge in [-0.2, -0.15) is 8.61 Å². The maximum absolute atomic E-state index is 13.6. The fourth-order valence-corrected chi connectivity index (χ4v) is 8.17. The van der Waals surface area contributed by atoms with E-state index < -0.39 is 25.7 Å². The van der Waals surface area contributed by atoms with E-state index in [1.54, 1.807) is 0 Å². The van der Waals surface area contributed by atoms with Crippen LogP contribution in [-0.4, -0.2) is 80.8 Å². The third-order valence-corrected chi connectivity index (χ3v) is 11.0. The van der Waals surface area contributed by atoms with Gasteiger partial charge in [0, 0.05) is 37.3 Å². The van der Waals surface area contributed by atoms with Gasteiger partial charge in [-0.05, 0) is 58.0 Å². The van der Waals surface area contributed by atoms with Crippen LogP contribution in [0.15, 0.2) is 58.3 Å². The van der Waals surface area contributed by atoms with E-state index in [0.717, 1.165) is 0 Å². The summed E-state index contributed by atoms with van der Waals surface area (Å²) in [5.41, 5.74) is 0.0427. The molecule has 1 spiro atoms. The highest BCUT2D eigenvalue weighted by atomic mass is 32.2. The summed E-state index contributed by atoms with van der Waals surface area (Å²) in [6, 6.07) is 11.8. The molecule has 188 valence electrons. The molecule has 0 saturated carbocycles. The highest BCUT2D eigenvalue weighted by Crippen LogP contribution is 2.40. The summed E-state index contributed by atoms with van der Waals surface area (Å²) < 4.78 is 56.4. The van der Waals surface area contributed by atoms with Crippen LogP contribution in [0, 0.1) is 0 Å². The standard InChI is InChI=1S/C24H29N3O6S2/c1-18(28)20-4-8-22(9-5-20)34(30,31)26-14-12-24(13-15-26)25(3)16-17-27(24)35(32,33)23-10-6-21(7-11-23)19(2)29/h4-11H,12-17H2,1-3H3. The molecule has 2 aliphatic rings. The fraction of sp³-hybridized carbons (Fsp3) is 0.417. The molecular weight excluding hydrogens is 490 g/mol. The summed E-state index contributed by atoms with van der Waals surface area (Å²) >= 11 is 0. The Morgan fingerprint density at radius 1 is 0.686 bits per heavy atom. The topological polar surface area (TPSA) is 112 Å². The number of Topliss-reactive ketones (excluding diaryl/α,β-unsaturated/α-hetero) is 2. The molecule has 0 N–H and O–H groups in total. The van der Waals surface area contributed by atoms with Crippen molar-refractivity contribution in [3.63, 3.8) is 0 Å². The monoisotopic (exact) mass is 519 g/mol. The highest BCUT2D eigenvalue weighted by molar-refractivity contribution is 7.89. The van der Waals surface area contributed by atoms with Crippen LogP contribution in [0.5, 0.6) is 0 Å². The lowest BCUT2D eigenvalue weighted by molar-refractivity contribution is 0.0321. The van der Waals surface area contributed by atoms with Gasteiger partial charge in [0.15, 0.2) is 11.6 Å². The van der Waals surface area contributed by atoms with Crippen molar-refractivity contribution in [2.45, 2.75) is 42.1 Å². The van der Waals surface area contributed by atoms with Crippen molar-refractivity contribution in [2.75, 3.05) is 33.2 Å². The molecule has 2 aliphatic heterocycles. The zero-order chi connectivity index (χ0) is 25.6. The quantitative estimate of drug-likeness (QED) is 0.538. The molecule has 4 rings (SSSR count). The number of rotatable bonds is 6. The second-order valence-electron chi connectivity index (χ2n) is 9.05. The van der Waals surface area contributed by atoms with Crippen LogP contribution in [0.2, 0.25) is 0 Å². The SMILES string of the molecule is CC(=O)c1ccc(S(=O)(=O)N2CCC3(CC2)N(C)CCN3S(=O)(=O)c2ccc(C(C)=O)cc2)cc1. The van der Waals surface area contributed by atoms with Gasteiger partial charge in [-0.3, -0.25) is 14.5 Å². The van der Waals surface area contributed by atoms with Gasteiger partial charge < -0.3 is 0 Å². The molecule has 0 aliphatic carbocycles.